The Labute approximate surface area is 153 Å². The molecule has 5 heteroatoms. The maximum absolute atomic E-state index is 11.9. The molecular weight excluding hydrogens is 332 g/mol. The first kappa shape index (κ1) is 18.9. The lowest BCUT2D eigenvalue weighted by molar-refractivity contribution is 0.221. The van der Waals surface area contributed by atoms with Crippen molar-refractivity contribution in [3.8, 4) is 0 Å². The number of sulfonamides is 1. The Bertz CT molecular complexity index is 628. The molecule has 2 fully saturated rings. The van der Waals surface area contributed by atoms with Crippen molar-refractivity contribution in [3.05, 3.63) is 35.4 Å². The predicted octanol–water partition coefficient (Wildman–Crippen LogP) is 3.28. The smallest absolute Gasteiger partial charge is 0.213 e. The molecule has 3 rings (SSSR count). The van der Waals surface area contributed by atoms with Crippen LogP contribution in [0.15, 0.2) is 24.3 Å². The fraction of sp³-hybridized carbons (Fsp3) is 0.700. The van der Waals surface area contributed by atoms with E-state index < -0.39 is 10.0 Å². The van der Waals surface area contributed by atoms with Crippen molar-refractivity contribution >= 4 is 10.0 Å². The number of piperidine rings is 2. The average molecular weight is 365 g/mol. The van der Waals surface area contributed by atoms with Crippen LogP contribution < -0.4 is 0 Å². The lowest BCUT2D eigenvalue weighted by atomic mass is 9.90. The Balaban J connectivity index is 1.47. The second-order valence-corrected chi connectivity index (χ2v) is 9.86. The van der Waals surface area contributed by atoms with E-state index in [4.69, 9.17) is 0 Å². The summed E-state index contributed by atoms with van der Waals surface area (Å²) in [4.78, 5) is 2.56. The molecule has 1 aromatic rings. The molecule has 140 valence electrons. The lowest BCUT2D eigenvalue weighted by Gasteiger charge is -2.31. The summed E-state index contributed by atoms with van der Waals surface area (Å²) in [5.41, 5.74) is 2.80. The first-order valence-corrected chi connectivity index (χ1v) is 11.5. The Morgan fingerprint density at radius 2 is 1.52 bits per heavy atom. The van der Waals surface area contributed by atoms with Crippen LogP contribution in [0.25, 0.3) is 0 Å². The molecule has 4 nitrogen and oxygen atoms in total. The van der Waals surface area contributed by atoms with E-state index in [9.17, 15) is 8.42 Å². The summed E-state index contributed by atoms with van der Waals surface area (Å²) in [5.74, 6) is 0.826. The van der Waals surface area contributed by atoms with Gasteiger partial charge in [-0.1, -0.05) is 30.7 Å². The Morgan fingerprint density at radius 3 is 2.12 bits per heavy atom. The van der Waals surface area contributed by atoms with Gasteiger partial charge in [0, 0.05) is 19.6 Å². The van der Waals surface area contributed by atoms with Crippen LogP contribution in [0.4, 0.5) is 0 Å². The number of hydrogen-bond donors (Lipinski definition) is 0. The second kappa shape index (κ2) is 8.65. The van der Waals surface area contributed by atoms with Gasteiger partial charge in [-0.2, -0.15) is 0 Å². The molecule has 1 aromatic carbocycles. The van der Waals surface area contributed by atoms with Crippen LogP contribution >= 0.6 is 0 Å². The third-order valence-electron chi connectivity index (χ3n) is 5.73. The van der Waals surface area contributed by atoms with Crippen LogP contribution in [0.1, 0.15) is 50.2 Å². The van der Waals surface area contributed by atoms with Crippen LogP contribution in [0.2, 0.25) is 0 Å². The van der Waals surface area contributed by atoms with Gasteiger partial charge in [-0.15, -0.1) is 0 Å². The van der Waals surface area contributed by atoms with Crippen LogP contribution in [0, 0.1) is 5.92 Å². The number of hydrogen-bond acceptors (Lipinski definition) is 3. The average Bonchev–Trinajstić information content (AvgIpc) is 2.65. The lowest BCUT2D eigenvalue weighted by Crippen LogP contribution is -2.39. The minimum atomic E-state index is -3.01. The zero-order valence-electron chi connectivity index (χ0n) is 15.5. The number of likely N-dealkylation sites (tertiary alicyclic amines) is 1. The van der Waals surface area contributed by atoms with Gasteiger partial charge in [0.1, 0.15) is 0 Å². The van der Waals surface area contributed by atoms with Crippen LogP contribution in [-0.4, -0.2) is 49.6 Å². The summed E-state index contributed by atoms with van der Waals surface area (Å²) in [6.07, 6.45) is 7.09. The molecular formula is C20H32N2O2S. The molecule has 2 heterocycles. The van der Waals surface area contributed by atoms with Gasteiger partial charge in [0.25, 0.3) is 0 Å². The third kappa shape index (κ3) is 5.28. The Morgan fingerprint density at radius 1 is 0.920 bits per heavy atom. The van der Waals surface area contributed by atoms with Crippen molar-refractivity contribution in [3.63, 3.8) is 0 Å². The van der Waals surface area contributed by atoms with Crippen LogP contribution in [-0.2, 0) is 23.0 Å². The van der Waals surface area contributed by atoms with Gasteiger partial charge in [0.05, 0.1) is 5.75 Å². The van der Waals surface area contributed by atoms with Gasteiger partial charge >= 0.3 is 0 Å². The van der Waals surface area contributed by atoms with E-state index in [2.05, 4.69) is 29.2 Å². The molecule has 2 aliphatic rings. The molecule has 2 aliphatic heterocycles. The number of nitrogens with zero attached hydrogens (tertiary/aromatic N) is 2. The summed E-state index contributed by atoms with van der Waals surface area (Å²) in [6.45, 7) is 6.66. The Hall–Kier alpha value is -0.910. The minimum absolute atomic E-state index is 0.218. The van der Waals surface area contributed by atoms with E-state index in [-0.39, 0.29) is 5.75 Å². The van der Waals surface area contributed by atoms with Crippen molar-refractivity contribution in [1.29, 1.82) is 0 Å². The van der Waals surface area contributed by atoms with Crippen molar-refractivity contribution in [2.75, 3.05) is 31.9 Å². The standard InChI is InChI=1S/C20H32N2O2S/c1-2-25(23,24)22-14-10-19(11-15-22)16-18-6-8-20(9-7-18)17-21-12-4-3-5-13-21/h6-9,19H,2-5,10-17H2,1H3. The largest absolute Gasteiger partial charge is 0.299 e. The second-order valence-electron chi connectivity index (χ2n) is 7.60. The van der Waals surface area contributed by atoms with Gasteiger partial charge in [-0.05, 0) is 69.2 Å². The van der Waals surface area contributed by atoms with E-state index >= 15 is 0 Å². The normalized spacial score (nSPS) is 21.5. The number of benzene rings is 1. The molecule has 0 aromatic heterocycles. The van der Waals surface area contributed by atoms with E-state index in [1.807, 2.05) is 0 Å². The molecule has 25 heavy (non-hydrogen) atoms. The summed E-state index contributed by atoms with van der Waals surface area (Å²) < 4.78 is 25.6. The molecule has 0 atom stereocenters. The maximum atomic E-state index is 11.9. The quantitative estimate of drug-likeness (QED) is 0.778. The molecule has 0 amide bonds. The first-order chi connectivity index (χ1) is 12.1. The van der Waals surface area contributed by atoms with E-state index in [0.29, 0.717) is 19.0 Å². The monoisotopic (exact) mass is 364 g/mol. The SMILES string of the molecule is CCS(=O)(=O)N1CCC(Cc2ccc(CN3CCCCC3)cc2)CC1. The Kier molecular flexibility index (Phi) is 6.53. The highest BCUT2D eigenvalue weighted by Gasteiger charge is 2.26. The predicted molar refractivity (Wildman–Crippen MR) is 103 cm³/mol. The molecule has 0 unspecified atom stereocenters. The summed E-state index contributed by atoms with van der Waals surface area (Å²) in [6, 6.07) is 9.10. The van der Waals surface area contributed by atoms with Gasteiger partial charge in [0.2, 0.25) is 10.0 Å². The molecule has 0 radical (unpaired) electrons. The molecule has 0 aliphatic carbocycles. The van der Waals surface area contributed by atoms with E-state index in [1.54, 1.807) is 11.2 Å². The summed E-state index contributed by atoms with van der Waals surface area (Å²) in [7, 11) is -3.01. The summed E-state index contributed by atoms with van der Waals surface area (Å²) >= 11 is 0. The zero-order chi connectivity index (χ0) is 17.7. The fourth-order valence-corrected chi connectivity index (χ4v) is 5.20. The van der Waals surface area contributed by atoms with Crippen LogP contribution in [0.3, 0.4) is 0 Å². The van der Waals surface area contributed by atoms with Crippen molar-refractivity contribution in [1.82, 2.24) is 9.21 Å². The van der Waals surface area contributed by atoms with Crippen molar-refractivity contribution < 1.29 is 8.42 Å². The van der Waals surface area contributed by atoms with Gasteiger partial charge in [0.15, 0.2) is 0 Å². The third-order valence-corrected chi connectivity index (χ3v) is 7.62. The minimum Gasteiger partial charge on any atom is -0.299 e. The van der Waals surface area contributed by atoms with Gasteiger partial charge in [-0.3, -0.25) is 4.90 Å². The van der Waals surface area contributed by atoms with Crippen LogP contribution in [0.5, 0.6) is 0 Å². The highest BCUT2D eigenvalue weighted by molar-refractivity contribution is 7.89. The zero-order valence-corrected chi connectivity index (χ0v) is 16.3. The molecule has 0 bridgehead atoms. The van der Waals surface area contributed by atoms with E-state index in [1.165, 1.54) is 43.5 Å². The molecule has 0 saturated carbocycles. The molecule has 0 N–H and O–H groups in total. The molecule has 0 spiro atoms. The highest BCUT2D eigenvalue weighted by atomic mass is 32.2. The van der Waals surface area contributed by atoms with Crippen molar-refractivity contribution in [2.24, 2.45) is 5.92 Å². The first-order valence-electron chi connectivity index (χ1n) is 9.85. The fourth-order valence-electron chi connectivity index (χ4n) is 4.06. The van der Waals surface area contributed by atoms with Gasteiger partial charge < -0.3 is 0 Å². The highest BCUT2D eigenvalue weighted by Crippen LogP contribution is 2.24. The number of rotatable bonds is 6. The van der Waals surface area contributed by atoms with E-state index in [0.717, 1.165) is 25.8 Å². The van der Waals surface area contributed by atoms with Gasteiger partial charge in [-0.25, -0.2) is 12.7 Å². The topological polar surface area (TPSA) is 40.6 Å². The van der Waals surface area contributed by atoms with Crippen molar-refractivity contribution in [2.45, 2.75) is 52.0 Å². The maximum Gasteiger partial charge on any atom is 0.213 e. The molecule has 2 saturated heterocycles. The summed E-state index contributed by atoms with van der Waals surface area (Å²) in [5, 5.41) is 0.